The Morgan fingerprint density at radius 2 is 2.07 bits per heavy atom. The largest absolute Gasteiger partial charge is 0.481 e. The van der Waals surface area contributed by atoms with Crippen molar-refractivity contribution in [2.75, 3.05) is 0 Å². The number of benzene rings is 1. The lowest BCUT2D eigenvalue weighted by Gasteiger charge is -1.94. The molecule has 0 fully saturated rings. The van der Waals surface area contributed by atoms with E-state index < -0.39 is 17.6 Å². The smallest absolute Gasteiger partial charge is 0.307 e. The van der Waals surface area contributed by atoms with E-state index in [0.717, 1.165) is 12.1 Å². The molecule has 1 N–H and O–H groups in total. The van der Waals surface area contributed by atoms with E-state index in [-0.39, 0.29) is 6.42 Å². The molecule has 1 aromatic carbocycles. The van der Waals surface area contributed by atoms with E-state index in [9.17, 15) is 13.6 Å². The number of carboxylic acid groups (broad SMARTS) is 1. The summed E-state index contributed by atoms with van der Waals surface area (Å²) in [5, 5.41) is 8.30. The average Bonchev–Trinajstić information content (AvgIpc) is 2.10. The summed E-state index contributed by atoms with van der Waals surface area (Å²) >= 11 is 0. The van der Waals surface area contributed by atoms with Gasteiger partial charge in [-0.05, 0) is 17.7 Å². The van der Waals surface area contributed by atoms with Crippen LogP contribution in [-0.4, -0.2) is 11.1 Å². The molecule has 0 aliphatic carbocycles. The maximum atomic E-state index is 12.6. The molecule has 0 bridgehead atoms. The summed E-state index contributed by atoms with van der Waals surface area (Å²) in [4.78, 5) is 10.1. The van der Waals surface area contributed by atoms with Crippen molar-refractivity contribution in [1.82, 2.24) is 0 Å². The molecular formula is C10H8F2O2. The Balaban J connectivity index is 2.73. The SMILES string of the molecule is O=C(O)CC=Cc1ccc(F)c(F)c1. The molecule has 0 aliphatic heterocycles. The first-order chi connectivity index (χ1) is 6.59. The van der Waals surface area contributed by atoms with Gasteiger partial charge in [0.25, 0.3) is 0 Å². The van der Waals surface area contributed by atoms with Crippen molar-refractivity contribution < 1.29 is 18.7 Å². The predicted octanol–water partition coefficient (Wildman–Crippen LogP) is 2.45. The Morgan fingerprint density at radius 1 is 1.36 bits per heavy atom. The van der Waals surface area contributed by atoms with Crippen molar-refractivity contribution in [1.29, 1.82) is 0 Å². The molecule has 0 aromatic heterocycles. The number of hydrogen-bond acceptors (Lipinski definition) is 1. The summed E-state index contributed by atoms with van der Waals surface area (Å²) in [5.41, 5.74) is 0.435. The lowest BCUT2D eigenvalue weighted by Crippen LogP contribution is -1.90. The van der Waals surface area contributed by atoms with Crippen molar-refractivity contribution in [3.63, 3.8) is 0 Å². The van der Waals surface area contributed by atoms with Crippen LogP contribution in [0.25, 0.3) is 6.08 Å². The van der Waals surface area contributed by atoms with Crippen LogP contribution in [0.2, 0.25) is 0 Å². The van der Waals surface area contributed by atoms with Gasteiger partial charge in [-0.25, -0.2) is 8.78 Å². The maximum absolute atomic E-state index is 12.6. The van der Waals surface area contributed by atoms with Gasteiger partial charge in [-0.3, -0.25) is 4.79 Å². The van der Waals surface area contributed by atoms with E-state index in [4.69, 9.17) is 5.11 Å². The molecule has 0 spiro atoms. The number of halogens is 2. The van der Waals surface area contributed by atoms with Crippen LogP contribution in [0.3, 0.4) is 0 Å². The summed E-state index contributed by atoms with van der Waals surface area (Å²) in [7, 11) is 0. The van der Waals surface area contributed by atoms with Gasteiger partial charge < -0.3 is 5.11 Å². The van der Waals surface area contributed by atoms with Crippen LogP contribution >= 0.6 is 0 Å². The van der Waals surface area contributed by atoms with Crippen LogP contribution in [0.1, 0.15) is 12.0 Å². The Labute approximate surface area is 79.5 Å². The highest BCUT2D eigenvalue weighted by Crippen LogP contribution is 2.10. The van der Waals surface area contributed by atoms with Gasteiger partial charge in [-0.2, -0.15) is 0 Å². The topological polar surface area (TPSA) is 37.3 Å². The fourth-order valence-electron chi connectivity index (χ4n) is 0.912. The second kappa shape index (κ2) is 4.50. The second-order valence-corrected chi connectivity index (χ2v) is 2.67. The zero-order chi connectivity index (χ0) is 10.6. The Kier molecular flexibility index (Phi) is 3.34. The monoisotopic (exact) mass is 198 g/mol. The average molecular weight is 198 g/mol. The quantitative estimate of drug-likeness (QED) is 0.809. The zero-order valence-electron chi connectivity index (χ0n) is 7.21. The third kappa shape index (κ3) is 2.97. The van der Waals surface area contributed by atoms with Gasteiger partial charge in [0.05, 0.1) is 6.42 Å². The number of carboxylic acids is 1. The highest BCUT2D eigenvalue weighted by atomic mass is 19.2. The van der Waals surface area contributed by atoms with Crippen molar-refractivity contribution >= 4 is 12.0 Å². The van der Waals surface area contributed by atoms with Crippen LogP contribution in [0.4, 0.5) is 8.78 Å². The number of hydrogen-bond donors (Lipinski definition) is 1. The van der Waals surface area contributed by atoms with Gasteiger partial charge in [0, 0.05) is 0 Å². The molecule has 0 heterocycles. The molecule has 14 heavy (non-hydrogen) atoms. The molecule has 0 amide bonds. The summed E-state index contributed by atoms with van der Waals surface area (Å²) in [5.74, 6) is -2.83. The Bertz CT molecular complexity index is 372. The minimum Gasteiger partial charge on any atom is -0.481 e. The first-order valence-electron chi connectivity index (χ1n) is 3.93. The highest BCUT2D eigenvalue weighted by molar-refractivity contribution is 5.70. The fraction of sp³-hybridized carbons (Fsp3) is 0.100. The van der Waals surface area contributed by atoms with Crippen LogP contribution in [-0.2, 0) is 4.79 Å². The van der Waals surface area contributed by atoms with Gasteiger partial charge in [0.1, 0.15) is 0 Å². The minimum atomic E-state index is -0.969. The highest BCUT2D eigenvalue weighted by Gasteiger charge is 1.99. The molecule has 0 radical (unpaired) electrons. The van der Waals surface area contributed by atoms with Gasteiger partial charge in [-0.15, -0.1) is 0 Å². The molecule has 0 saturated carbocycles. The van der Waals surface area contributed by atoms with E-state index >= 15 is 0 Å². The summed E-state index contributed by atoms with van der Waals surface area (Å²) in [6.45, 7) is 0. The molecule has 2 nitrogen and oxygen atoms in total. The van der Waals surface area contributed by atoms with Gasteiger partial charge in [0.15, 0.2) is 11.6 Å². The lowest BCUT2D eigenvalue weighted by molar-refractivity contribution is -0.135. The Hall–Kier alpha value is -1.71. The van der Waals surface area contributed by atoms with E-state index in [2.05, 4.69) is 0 Å². The number of carbonyl (C=O) groups is 1. The van der Waals surface area contributed by atoms with Crippen LogP contribution in [0.15, 0.2) is 24.3 Å². The minimum absolute atomic E-state index is 0.140. The van der Waals surface area contributed by atoms with Crippen LogP contribution in [0, 0.1) is 11.6 Å². The van der Waals surface area contributed by atoms with E-state index in [0.29, 0.717) is 5.56 Å². The third-order valence-corrected chi connectivity index (χ3v) is 1.55. The first kappa shape index (κ1) is 10.4. The summed E-state index contributed by atoms with van der Waals surface area (Å²) in [6, 6.07) is 3.38. The summed E-state index contributed by atoms with van der Waals surface area (Å²) < 4.78 is 25.1. The molecule has 0 atom stereocenters. The lowest BCUT2D eigenvalue weighted by atomic mass is 10.2. The van der Waals surface area contributed by atoms with Crippen molar-refractivity contribution in [3.8, 4) is 0 Å². The molecule has 4 heteroatoms. The third-order valence-electron chi connectivity index (χ3n) is 1.55. The van der Waals surface area contributed by atoms with Gasteiger partial charge >= 0.3 is 5.97 Å². The number of rotatable bonds is 3. The normalized spacial score (nSPS) is 10.7. The summed E-state index contributed by atoms with van der Waals surface area (Å²) in [6.07, 6.45) is 2.66. The van der Waals surface area contributed by atoms with Crippen molar-refractivity contribution in [3.05, 3.63) is 41.5 Å². The van der Waals surface area contributed by atoms with Gasteiger partial charge in [-0.1, -0.05) is 18.2 Å². The second-order valence-electron chi connectivity index (χ2n) is 2.67. The maximum Gasteiger partial charge on any atom is 0.307 e. The molecule has 0 aliphatic rings. The zero-order valence-corrected chi connectivity index (χ0v) is 7.21. The molecule has 0 unspecified atom stereocenters. The van der Waals surface area contributed by atoms with Crippen molar-refractivity contribution in [2.45, 2.75) is 6.42 Å². The molecule has 0 saturated heterocycles. The molecule has 1 rings (SSSR count). The predicted molar refractivity (Wildman–Crippen MR) is 47.6 cm³/mol. The van der Waals surface area contributed by atoms with Gasteiger partial charge in [0.2, 0.25) is 0 Å². The van der Waals surface area contributed by atoms with E-state index in [1.54, 1.807) is 0 Å². The molecule has 1 aromatic rings. The van der Waals surface area contributed by atoms with E-state index in [1.165, 1.54) is 18.2 Å². The number of aliphatic carboxylic acids is 1. The molecule has 74 valence electrons. The molecular weight excluding hydrogens is 190 g/mol. The Morgan fingerprint density at radius 3 is 2.64 bits per heavy atom. The van der Waals surface area contributed by atoms with E-state index in [1.807, 2.05) is 0 Å². The van der Waals surface area contributed by atoms with Crippen LogP contribution < -0.4 is 0 Å². The van der Waals surface area contributed by atoms with Crippen molar-refractivity contribution in [2.24, 2.45) is 0 Å². The fourth-order valence-corrected chi connectivity index (χ4v) is 0.912. The van der Waals surface area contributed by atoms with Crippen LogP contribution in [0.5, 0.6) is 0 Å². The first-order valence-corrected chi connectivity index (χ1v) is 3.93. The standard InChI is InChI=1S/C10H8F2O2/c11-8-5-4-7(6-9(8)12)2-1-3-10(13)14/h1-2,4-6H,3H2,(H,13,14).